The number of ether oxygens (including phenoxy) is 1. The number of carbonyl (C=O) groups excluding carboxylic acids is 1. The van der Waals surface area contributed by atoms with Crippen molar-refractivity contribution < 1.29 is 19.4 Å². The normalized spacial score (nSPS) is 12.2. The molecule has 5 nitrogen and oxygen atoms in total. The standard InChI is InChI=1S/C16H23NO4/c1-4-17-14(9-10-15(18)19)16(20)12-5-7-13(8-6-12)21-11(2)3/h5-8,11,14,17H,4,9-10H2,1-3H3,(H,18,19). The van der Waals surface area contributed by atoms with Gasteiger partial charge in [0.2, 0.25) is 0 Å². The summed E-state index contributed by atoms with van der Waals surface area (Å²) in [6.45, 7) is 6.38. The molecular formula is C16H23NO4. The Labute approximate surface area is 125 Å². The quantitative estimate of drug-likeness (QED) is 0.684. The number of aliphatic carboxylic acids is 1. The Hall–Kier alpha value is -1.88. The van der Waals surface area contributed by atoms with E-state index in [0.717, 1.165) is 0 Å². The van der Waals surface area contributed by atoms with Gasteiger partial charge in [-0.15, -0.1) is 0 Å². The van der Waals surface area contributed by atoms with Crippen LogP contribution in [0.4, 0.5) is 0 Å². The number of ketones is 1. The summed E-state index contributed by atoms with van der Waals surface area (Å²) >= 11 is 0. The summed E-state index contributed by atoms with van der Waals surface area (Å²) in [5, 5.41) is 11.8. The second kappa shape index (κ2) is 8.42. The number of hydrogen-bond donors (Lipinski definition) is 2. The Morgan fingerprint density at radius 3 is 2.33 bits per heavy atom. The number of carboxylic acids is 1. The maximum Gasteiger partial charge on any atom is 0.303 e. The predicted octanol–water partition coefficient (Wildman–Crippen LogP) is 2.50. The summed E-state index contributed by atoms with van der Waals surface area (Å²) in [5.41, 5.74) is 0.558. The summed E-state index contributed by atoms with van der Waals surface area (Å²) in [6, 6.07) is 6.47. The van der Waals surface area contributed by atoms with Crippen molar-refractivity contribution in [3.63, 3.8) is 0 Å². The molecule has 0 aliphatic heterocycles. The molecule has 21 heavy (non-hydrogen) atoms. The van der Waals surface area contributed by atoms with Crippen molar-refractivity contribution >= 4 is 11.8 Å². The Morgan fingerprint density at radius 1 is 1.24 bits per heavy atom. The highest BCUT2D eigenvalue weighted by Crippen LogP contribution is 2.16. The van der Waals surface area contributed by atoms with E-state index in [4.69, 9.17) is 9.84 Å². The maximum absolute atomic E-state index is 12.4. The van der Waals surface area contributed by atoms with E-state index >= 15 is 0 Å². The first-order chi connectivity index (χ1) is 9.93. The molecule has 116 valence electrons. The molecular weight excluding hydrogens is 270 g/mol. The van der Waals surface area contributed by atoms with Crippen LogP contribution in [0, 0.1) is 0 Å². The molecule has 0 spiro atoms. The number of likely N-dealkylation sites (N-methyl/N-ethyl adjacent to an activating group) is 1. The van der Waals surface area contributed by atoms with E-state index in [2.05, 4.69) is 5.32 Å². The van der Waals surface area contributed by atoms with Gasteiger partial charge in [0, 0.05) is 12.0 Å². The van der Waals surface area contributed by atoms with Gasteiger partial charge in [-0.3, -0.25) is 9.59 Å². The largest absolute Gasteiger partial charge is 0.491 e. The molecule has 0 radical (unpaired) electrons. The lowest BCUT2D eigenvalue weighted by Crippen LogP contribution is -2.37. The lowest BCUT2D eigenvalue weighted by atomic mass is 10.00. The molecule has 0 bridgehead atoms. The minimum atomic E-state index is -0.897. The van der Waals surface area contributed by atoms with Crippen LogP contribution >= 0.6 is 0 Å². The van der Waals surface area contributed by atoms with Gasteiger partial charge in [0.25, 0.3) is 0 Å². The first-order valence-corrected chi connectivity index (χ1v) is 7.20. The van der Waals surface area contributed by atoms with E-state index in [1.165, 1.54) is 0 Å². The molecule has 0 aliphatic rings. The van der Waals surface area contributed by atoms with Crippen molar-refractivity contribution in [2.75, 3.05) is 6.54 Å². The molecule has 0 heterocycles. The van der Waals surface area contributed by atoms with E-state index in [9.17, 15) is 9.59 Å². The van der Waals surface area contributed by atoms with Crippen LogP contribution in [-0.4, -0.2) is 35.5 Å². The molecule has 1 unspecified atom stereocenters. The van der Waals surface area contributed by atoms with Crippen LogP contribution < -0.4 is 10.1 Å². The van der Waals surface area contributed by atoms with E-state index in [1.54, 1.807) is 24.3 Å². The second-order valence-electron chi connectivity index (χ2n) is 5.10. The van der Waals surface area contributed by atoms with Gasteiger partial charge in [-0.25, -0.2) is 0 Å². The van der Waals surface area contributed by atoms with Crippen LogP contribution in [0.15, 0.2) is 24.3 Å². The molecule has 2 N–H and O–H groups in total. The summed E-state index contributed by atoms with van der Waals surface area (Å²) < 4.78 is 5.53. The molecule has 1 atom stereocenters. The number of carbonyl (C=O) groups is 2. The summed E-state index contributed by atoms with van der Waals surface area (Å²) in [6.07, 6.45) is 0.334. The van der Waals surface area contributed by atoms with E-state index in [0.29, 0.717) is 17.9 Å². The molecule has 5 heteroatoms. The molecule has 0 fully saturated rings. The lowest BCUT2D eigenvalue weighted by Gasteiger charge is -2.16. The fraction of sp³-hybridized carbons (Fsp3) is 0.500. The highest BCUT2D eigenvalue weighted by molar-refractivity contribution is 6.00. The summed E-state index contributed by atoms with van der Waals surface area (Å²) in [4.78, 5) is 23.0. The van der Waals surface area contributed by atoms with Gasteiger partial charge >= 0.3 is 5.97 Å². The zero-order valence-corrected chi connectivity index (χ0v) is 12.8. The topological polar surface area (TPSA) is 75.6 Å². The third kappa shape index (κ3) is 5.95. The lowest BCUT2D eigenvalue weighted by molar-refractivity contribution is -0.137. The maximum atomic E-state index is 12.4. The average molecular weight is 293 g/mol. The van der Waals surface area contributed by atoms with Gasteiger partial charge in [0.1, 0.15) is 5.75 Å². The molecule has 0 aromatic heterocycles. The van der Waals surface area contributed by atoms with Crippen LogP contribution in [0.5, 0.6) is 5.75 Å². The molecule has 1 aromatic carbocycles. The smallest absolute Gasteiger partial charge is 0.303 e. The van der Waals surface area contributed by atoms with Gasteiger partial charge in [-0.1, -0.05) is 6.92 Å². The molecule has 0 amide bonds. The van der Waals surface area contributed by atoms with Crippen LogP contribution in [0.1, 0.15) is 44.0 Å². The predicted molar refractivity (Wildman–Crippen MR) is 80.9 cm³/mol. The number of benzene rings is 1. The third-order valence-corrected chi connectivity index (χ3v) is 2.92. The van der Waals surface area contributed by atoms with Crippen LogP contribution in [-0.2, 0) is 4.79 Å². The minimum absolute atomic E-state index is 0.0298. The molecule has 1 rings (SSSR count). The minimum Gasteiger partial charge on any atom is -0.491 e. The summed E-state index contributed by atoms with van der Waals surface area (Å²) in [5.74, 6) is -0.271. The highest BCUT2D eigenvalue weighted by atomic mass is 16.5. The fourth-order valence-electron chi connectivity index (χ4n) is 2.01. The third-order valence-electron chi connectivity index (χ3n) is 2.92. The number of rotatable bonds is 9. The van der Waals surface area contributed by atoms with Gasteiger partial charge in [-0.2, -0.15) is 0 Å². The van der Waals surface area contributed by atoms with Crippen molar-refractivity contribution in [1.82, 2.24) is 5.32 Å². The average Bonchev–Trinajstić information content (AvgIpc) is 2.42. The van der Waals surface area contributed by atoms with Crippen molar-refractivity contribution in [2.24, 2.45) is 0 Å². The van der Waals surface area contributed by atoms with Gasteiger partial charge < -0.3 is 15.2 Å². The zero-order valence-electron chi connectivity index (χ0n) is 12.8. The fourth-order valence-corrected chi connectivity index (χ4v) is 2.01. The number of hydrogen-bond acceptors (Lipinski definition) is 4. The van der Waals surface area contributed by atoms with Crippen molar-refractivity contribution in [3.05, 3.63) is 29.8 Å². The Bertz CT molecular complexity index is 468. The Morgan fingerprint density at radius 2 is 1.86 bits per heavy atom. The molecule has 1 aromatic rings. The molecule has 0 saturated carbocycles. The molecule has 0 saturated heterocycles. The first kappa shape index (κ1) is 17.2. The second-order valence-corrected chi connectivity index (χ2v) is 5.10. The van der Waals surface area contributed by atoms with Crippen LogP contribution in [0.25, 0.3) is 0 Å². The van der Waals surface area contributed by atoms with Gasteiger partial charge in [0.05, 0.1) is 12.1 Å². The van der Waals surface area contributed by atoms with E-state index in [-0.39, 0.29) is 24.7 Å². The summed E-state index contributed by atoms with van der Waals surface area (Å²) in [7, 11) is 0. The number of Topliss-reactive ketones (excluding diaryl/α,β-unsaturated/α-hetero) is 1. The monoisotopic (exact) mass is 293 g/mol. The number of nitrogens with one attached hydrogen (secondary N) is 1. The Balaban J connectivity index is 2.75. The van der Waals surface area contributed by atoms with Crippen LogP contribution in [0.2, 0.25) is 0 Å². The van der Waals surface area contributed by atoms with Gasteiger partial charge in [0.15, 0.2) is 5.78 Å². The van der Waals surface area contributed by atoms with Crippen molar-refractivity contribution in [2.45, 2.75) is 45.8 Å². The number of carboxylic acid groups (broad SMARTS) is 1. The molecule has 0 aliphatic carbocycles. The SMILES string of the molecule is CCNC(CCC(=O)O)C(=O)c1ccc(OC(C)C)cc1. The van der Waals surface area contributed by atoms with E-state index in [1.807, 2.05) is 20.8 Å². The van der Waals surface area contributed by atoms with Crippen LogP contribution in [0.3, 0.4) is 0 Å². The highest BCUT2D eigenvalue weighted by Gasteiger charge is 2.20. The Kier molecular flexibility index (Phi) is 6.88. The zero-order chi connectivity index (χ0) is 15.8. The van der Waals surface area contributed by atoms with Crippen molar-refractivity contribution in [1.29, 1.82) is 0 Å². The first-order valence-electron chi connectivity index (χ1n) is 7.20. The van der Waals surface area contributed by atoms with Crippen molar-refractivity contribution in [3.8, 4) is 5.75 Å². The van der Waals surface area contributed by atoms with Gasteiger partial charge in [-0.05, 0) is 51.1 Å². The van der Waals surface area contributed by atoms with E-state index < -0.39 is 12.0 Å².